The Balaban J connectivity index is 2.56. The third kappa shape index (κ3) is 8.19. The van der Waals surface area contributed by atoms with Gasteiger partial charge in [0.1, 0.15) is 12.2 Å². The van der Waals surface area contributed by atoms with E-state index in [1.807, 2.05) is 51.1 Å². The first-order valence-corrected chi connectivity index (χ1v) is 7.85. The monoisotopic (exact) mass is 318 g/mol. The number of esters is 2. The minimum atomic E-state index is -0.572. The highest BCUT2D eigenvalue weighted by atomic mass is 16.6. The summed E-state index contributed by atoms with van der Waals surface area (Å²) in [6.45, 7) is 9.29. The molecule has 0 aromatic heterocycles. The summed E-state index contributed by atoms with van der Waals surface area (Å²) in [4.78, 5) is 24.2. The van der Waals surface area contributed by atoms with Crippen molar-refractivity contribution in [2.45, 2.75) is 52.2 Å². The molecule has 0 amide bonds. The Labute approximate surface area is 138 Å². The van der Waals surface area contributed by atoms with Gasteiger partial charge in [-0.3, -0.25) is 9.59 Å². The average Bonchev–Trinajstić information content (AvgIpc) is 2.48. The van der Waals surface area contributed by atoms with Crippen molar-refractivity contribution in [1.82, 2.24) is 0 Å². The van der Waals surface area contributed by atoms with E-state index in [1.165, 1.54) is 0 Å². The maximum absolute atomic E-state index is 12.2. The molecule has 0 N–H and O–H groups in total. The van der Waals surface area contributed by atoms with Crippen LogP contribution in [0.4, 0.5) is 0 Å². The van der Waals surface area contributed by atoms with E-state index < -0.39 is 17.5 Å². The molecule has 0 aliphatic heterocycles. The van der Waals surface area contributed by atoms with Crippen molar-refractivity contribution >= 4 is 11.9 Å². The average molecular weight is 318 g/mol. The van der Waals surface area contributed by atoms with Gasteiger partial charge in [0.05, 0.1) is 12.3 Å². The van der Waals surface area contributed by atoms with E-state index in [1.54, 1.807) is 6.08 Å². The lowest BCUT2D eigenvalue weighted by molar-refractivity contribution is -0.164. The van der Waals surface area contributed by atoms with E-state index in [0.717, 1.165) is 5.56 Å². The number of carbonyl (C=O) groups is 2. The van der Waals surface area contributed by atoms with Gasteiger partial charge in [0.15, 0.2) is 0 Å². The lowest BCUT2D eigenvalue weighted by Gasteiger charge is -2.23. The minimum absolute atomic E-state index is 0.0234. The summed E-state index contributed by atoms with van der Waals surface area (Å²) in [6, 6.07) is 9.44. The summed E-state index contributed by atoms with van der Waals surface area (Å²) in [5.74, 6) is -1.26. The summed E-state index contributed by atoms with van der Waals surface area (Å²) in [5, 5.41) is 0. The maximum Gasteiger partial charge on any atom is 0.310 e. The van der Waals surface area contributed by atoms with Crippen LogP contribution in [0.25, 0.3) is 0 Å². The molecule has 1 aromatic rings. The Morgan fingerprint density at radius 2 is 1.87 bits per heavy atom. The molecule has 0 saturated carbocycles. The van der Waals surface area contributed by atoms with Gasteiger partial charge >= 0.3 is 11.9 Å². The minimum Gasteiger partial charge on any atom is -0.461 e. The third-order valence-electron chi connectivity index (χ3n) is 3.12. The number of ether oxygens (including phenoxy) is 2. The van der Waals surface area contributed by atoms with E-state index in [2.05, 4.69) is 6.58 Å². The number of hydrogen-bond acceptors (Lipinski definition) is 4. The normalized spacial score (nSPS) is 12.3. The van der Waals surface area contributed by atoms with Crippen molar-refractivity contribution in [2.75, 3.05) is 0 Å². The van der Waals surface area contributed by atoms with Gasteiger partial charge in [0.25, 0.3) is 0 Å². The van der Waals surface area contributed by atoms with Gasteiger partial charge in [0, 0.05) is 0 Å². The van der Waals surface area contributed by atoms with Crippen molar-refractivity contribution in [3.8, 4) is 0 Å². The van der Waals surface area contributed by atoms with E-state index in [4.69, 9.17) is 9.47 Å². The molecule has 0 aliphatic carbocycles. The SMILES string of the molecule is C=CCC[C@H](CC(=O)OCc1ccccc1)C(=O)OC(C)(C)C. The van der Waals surface area contributed by atoms with Gasteiger partial charge in [-0.2, -0.15) is 0 Å². The molecule has 4 nitrogen and oxygen atoms in total. The predicted octanol–water partition coefficient (Wildman–Crippen LogP) is 4.04. The zero-order valence-corrected chi connectivity index (χ0v) is 14.2. The van der Waals surface area contributed by atoms with Crippen LogP contribution < -0.4 is 0 Å². The summed E-state index contributed by atoms with van der Waals surface area (Å²) in [5.41, 5.74) is 0.345. The summed E-state index contributed by atoms with van der Waals surface area (Å²) in [7, 11) is 0. The Morgan fingerprint density at radius 1 is 1.22 bits per heavy atom. The standard InChI is InChI=1S/C19H26O4/c1-5-6-12-16(18(21)23-19(2,3)4)13-17(20)22-14-15-10-8-7-9-11-15/h5,7-11,16H,1,6,12-14H2,2-4H3/t16-/m1/s1. The summed E-state index contributed by atoms with van der Waals surface area (Å²) in [6.07, 6.45) is 2.93. The molecular weight excluding hydrogens is 292 g/mol. The fraction of sp³-hybridized carbons (Fsp3) is 0.474. The second kappa shape index (κ2) is 9.13. The van der Waals surface area contributed by atoms with E-state index >= 15 is 0 Å². The molecule has 4 heteroatoms. The second-order valence-corrected chi connectivity index (χ2v) is 6.45. The largest absolute Gasteiger partial charge is 0.461 e. The highest BCUT2D eigenvalue weighted by Crippen LogP contribution is 2.19. The highest BCUT2D eigenvalue weighted by molar-refractivity contribution is 5.80. The van der Waals surface area contributed by atoms with Gasteiger partial charge in [-0.05, 0) is 39.2 Å². The molecule has 126 valence electrons. The molecule has 23 heavy (non-hydrogen) atoms. The molecule has 0 spiro atoms. The quantitative estimate of drug-likeness (QED) is 0.536. The van der Waals surface area contributed by atoms with Crippen molar-refractivity contribution in [2.24, 2.45) is 5.92 Å². The number of benzene rings is 1. The topological polar surface area (TPSA) is 52.6 Å². The van der Waals surface area contributed by atoms with Gasteiger partial charge < -0.3 is 9.47 Å². The fourth-order valence-corrected chi connectivity index (χ4v) is 2.01. The van der Waals surface area contributed by atoms with Gasteiger partial charge in [-0.15, -0.1) is 6.58 Å². The fourth-order valence-electron chi connectivity index (χ4n) is 2.01. The van der Waals surface area contributed by atoms with Crippen LogP contribution in [0.2, 0.25) is 0 Å². The van der Waals surface area contributed by atoms with Crippen LogP contribution in [0.15, 0.2) is 43.0 Å². The van der Waals surface area contributed by atoms with E-state index in [-0.39, 0.29) is 19.0 Å². The Kier molecular flexibility index (Phi) is 7.52. The van der Waals surface area contributed by atoms with Crippen LogP contribution in [-0.4, -0.2) is 17.5 Å². The molecule has 0 saturated heterocycles. The number of rotatable bonds is 8. The van der Waals surface area contributed by atoms with Crippen molar-refractivity contribution < 1.29 is 19.1 Å². The molecule has 0 aliphatic rings. The Hall–Kier alpha value is -2.10. The zero-order valence-electron chi connectivity index (χ0n) is 14.2. The lowest BCUT2D eigenvalue weighted by atomic mass is 9.99. The summed E-state index contributed by atoms with van der Waals surface area (Å²) < 4.78 is 10.6. The number of carbonyl (C=O) groups excluding carboxylic acids is 2. The van der Waals surface area contributed by atoms with Crippen LogP contribution in [0.5, 0.6) is 0 Å². The zero-order chi connectivity index (χ0) is 17.3. The van der Waals surface area contributed by atoms with Crippen LogP contribution in [0.1, 0.15) is 45.6 Å². The van der Waals surface area contributed by atoms with E-state index in [0.29, 0.717) is 12.8 Å². The first-order chi connectivity index (χ1) is 10.8. The maximum atomic E-state index is 12.2. The molecule has 0 heterocycles. The number of hydrogen-bond donors (Lipinski definition) is 0. The van der Waals surface area contributed by atoms with Crippen LogP contribution in [0.3, 0.4) is 0 Å². The molecule has 0 unspecified atom stereocenters. The molecule has 1 aromatic carbocycles. The smallest absolute Gasteiger partial charge is 0.310 e. The Bertz CT molecular complexity index is 514. The second-order valence-electron chi connectivity index (χ2n) is 6.45. The van der Waals surface area contributed by atoms with Crippen LogP contribution in [0, 0.1) is 5.92 Å². The van der Waals surface area contributed by atoms with Crippen LogP contribution in [-0.2, 0) is 25.7 Å². The molecule has 0 fully saturated rings. The van der Waals surface area contributed by atoms with Crippen molar-refractivity contribution in [3.05, 3.63) is 48.6 Å². The first kappa shape index (κ1) is 18.9. The summed E-state index contributed by atoms with van der Waals surface area (Å²) >= 11 is 0. The van der Waals surface area contributed by atoms with Gasteiger partial charge in [-0.25, -0.2) is 0 Å². The van der Waals surface area contributed by atoms with Crippen LogP contribution >= 0.6 is 0 Å². The first-order valence-electron chi connectivity index (χ1n) is 7.85. The predicted molar refractivity (Wildman–Crippen MR) is 89.6 cm³/mol. The van der Waals surface area contributed by atoms with E-state index in [9.17, 15) is 9.59 Å². The van der Waals surface area contributed by atoms with Gasteiger partial charge in [0.2, 0.25) is 0 Å². The third-order valence-corrected chi connectivity index (χ3v) is 3.12. The Morgan fingerprint density at radius 3 is 2.43 bits per heavy atom. The highest BCUT2D eigenvalue weighted by Gasteiger charge is 2.27. The molecule has 1 atom stereocenters. The van der Waals surface area contributed by atoms with Crippen molar-refractivity contribution in [1.29, 1.82) is 0 Å². The van der Waals surface area contributed by atoms with Crippen molar-refractivity contribution in [3.63, 3.8) is 0 Å². The lowest BCUT2D eigenvalue weighted by Crippen LogP contribution is -2.30. The van der Waals surface area contributed by atoms with Gasteiger partial charge in [-0.1, -0.05) is 36.4 Å². The molecular formula is C19H26O4. The molecule has 0 bridgehead atoms. The molecule has 0 radical (unpaired) electrons. The molecule has 1 rings (SSSR count). The number of allylic oxidation sites excluding steroid dienone is 1.